The van der Waals surface area contributed by atoms with E-state index in [0.717, 1.165) is 13.1 Å². The summed E-state index contributed by atoms with van der Waals surface area (Å²) in [7, 11) is 0. The highest BCUT2D eigenvalue weighted by molar-refractivity contribution is 5.76. The molecule has 0 radical (unpaired) electrons. The Bertz CT molecular complexity index is 151. The number of ether oxygens (including phenoxy) is 1. The second-order valence-electron chi connectivity index (χ2n) is 3.59. The van der Waals surface area contributed by atoms with Gasteiger partial charge in [-0.15, -0.1) is 0 Å². The van der Waals surface area contributed by atoms with Gasteiger partial charge >= 0.3 is 0 Å². The van der Waals surface area contributed by atoms with Gasteiger partial charge in [-0.3, -0.25) is 4.79 Å². The van der Waals surface area contributed by atoms with Crippen LogP contribution >= 0.6 is 0 Å². The van der Waals surface area contributed by atoms with Crippen LogP contribution in [0.2, 0.25) is 0 Å². The highest BCUT2D eigenvalue weighted by Crippen LogP contribution is 2.05. The monoisotopic (exact) mass is 187 g/mol. The smallest absolute Gasteiger partial charge is 0.222 e. The number of carbonyl (C=O) groups excluding carboxylic acids is 1. The molecule has 0 spiro atoms. The van der Waals surface area contributed by atoms with Gasteiger partial charge in [-0.25, -0.2) is 0 Å². The quantitative estimate of drug-likeness (QED) is 0.656. The number of morpholine rings is 1. The van der Waals surface area contributed by atoms with Gasteiger partial charge in [0.1, 0.15) is 0 Å². The van der Waals surface area contributed by atoms with Gasteiger partial charge in [0.2, 0.25) is 5.91 Å². The molecule has 1 amide bonds. The molecule has 1 heterocycles. The molecule has 0 aromatic carbocycles. The molecule has 0 aromatic heterocycles. The first-order chi connectivity index (χ1) is 5.70. The minimum Gasteiger partial charge on any atom is -0.378 e. The molecule has 3 nitrogen and oxygen atoms in total. The highest BCUT2D eigenvalue weighted by atomic mass is 16.5. The van der Waals surface area contributed by atoms with Gasteiger partial charge in [-0.05, 0) is 5.92 Å². The maximum absolute atomic E-state index is 11.5. The highest BCUT2D eigenvalue weighted by Gasteiger charge is 2.16. The Morgan fingerprint density at radius 1 is 1.38 bits per heavy atom. The topological polar surface area (TPSA) is 29.5 Å². The van der Waals surface area contributed by atoms with Crippen molar-refractivity contribution in [2.24, 2.45) is 5.92 Å². The van der Waals surface area contributed by atoms with E-state index in [2.05, 4.69) is 13.8 Å². The standard InChI is InChI=1S/C9H17NO2.CH4/c1-8(2)7-9(11)10-3-5-12-6-4-10;/h8H,3-7H2,1-2H3;1H4. The van der Waals surface area contributed by atoms with E-state index in [4.69, 9.17) is 4.74 Å². The van der Waals surface area contributed by atoms with Crippen LogP contribution in [-0.2, 0) is 9.53 Å². The molecule has 3 heteroatoms. The van der Waals surface area contributed by atoms with Gasteiger partial charge in [-0.2, -0.15) is 0 Å². The van der Waals surface area contributed by atoms with Crippen molar-refractivity contribution in [3.05, 3.63) is 0 Å². The molecule has 0 bridgehead atoms. The van der Waals surface area contributed by atoms with Gasteiger partial charge in [0.15, 0.2) is 0 Å². The number of rotatable bonds is 2. The maximum Gasteiger partial charge on any atom is 0.222 e. The maximum atomic E-state index is 11.5. The molecule has 1 rings (SSSR count). The fraction of sp³-hybridized carbons (Fsp3) is 0.900. The summed E-state index contributed by atoms with van der Waals surface area (Å²) >= 11 is 0. The van der Waals surface area contributed by atoms with Crippen molar-refractivity contribution < 1.29 is 9.53 Å². The molecule has 0 unspecified atom stereocenters. The average molecular weight is 187 g/mol. The van der Waals surface area contributed by atoms with Crippen LogP contribution in [0.15, 0.2) is 0 Å². The van der Waals surface area contributed by atoms with E-state index < -0.39 is 0 Å². The van der Waals surface area contributed by atoms with Crippen LogP contribution in [0, 0.1) is 5.92 Å². The summed E-state index contributed by atoms with van der Waals surface area (Å²) in [6, 6.07) is 0. The lowest BCUT2D eigenvalue weighted by atomic mass is 10.1. The number of hydrogen-bond donors (Lipinski definition) is 0. The van der Waals surface area contributed by atoms with Gasteiger partial charge in [0.05, 0.1) is 13.2 Å². The van der Waals surface area contributed by atoms with Crippen LogP contribution in [0.4, 0.5) is 0 Å². The van der Waals surface area contributed by atoms with Crippen molar-refractivity contribution in [2.45, 2.75) is 27.7 Å². The third-order valence-corrected chi connectivity index (χ3v) is 1.95. The minimum atomic E-state index is 0. The lowest BCUT2D eigenvalue weighted by Gasteiger charge is -2.27. The Hall–Kier alpha value is -0.570. The van der Waals surface area contributed by atoms with E-state index in [0.29, 0.717) is 25.6 Å². The predicted octanol–water partition coefficient (Wildman–Crippen LogP) is 1.53. The molecular formula is C10H21NO2. The summed E-state index contributed by atoms with van der Waals surface area (Å²) in [5, 5.41) is 0. The van der Waals surface area contributed by atoms with Gasteiger partial charge in [-0.1, -0.05) is 21.3 Å². The van der Waals surface area contributed by atoms with Crippen LogP contribution < -0.4 is 0 Å². The fourth-order valence-electron chi connectivity index (χ4n) is 1.29. The fourth-order valence-corrected chi connectivity index (χ4v) is 1.29. The van der Waals surface area contributed by atoms with Crippen LogP contribution in [0.1, 0.15) is 27.7 Å². The molecule has 1 fully saturated rings. The summed E-state index contributed by atoms with van der Waals surface area (Å²) in [6.07, 6.45) is 0.667. The van der Waals surface area contributed by atoms with Crippen molar-refractivity contribution in [3.63, 3.8) is 0 Å². The lowest BCUT2D eigenvalue weighted by molar-refractivity contribution is -0.136. The Labute approximate surface area is 81.1 Å². The van der Waals surface area contributed by atoms with Crippen LogP contribution in [0.3, 0.4) is 0 Å². The third-order valence-electron chi connectivity index (χ3n) is 1.95. The predicted molar refractivity (Wildman–Crippen MR) is 53.6 cm³/mol. The summed E-state index contributed by atoms with van der Waals surface area (Å²) in [4.78, 5) is 13.4. The molecule has 1 saturated heterocycles. The zero-order chi connectivity index (χ0) is 8.97. The number of hydrogen-bond acceptors (Lipinski definition) is 2. The molecule has 0 saturated carbocycles. The number of carbonyl (C=O) groups is 1. The van der Waals surface area contributed by atoms with Crippen LogP contribution in [-0.4, -0.2) is 37.1 Å². The Kier molecular flexibility index (Phi) is 5.71. The molecule has 0 aromatic rings. The molecular weight excluding hydrogens is 166 g/mol. The van der Waals surface area contributed by atoms with Gasteiger partial charge in [0.25, 0.3) is 0 Å². The van der Waals surface area contributed by atoms with Crippen molar-refractivity contribution in [3.8, 4) is 0 Å². The molecule has 0 atom stereocenters. The number of amides is 1. The summed E-state index contributed by atoms with van der Waals surface area (Å²) < 4.78 is 5.16. The largest absolute Gasteiger partial charge is 0.378 e. The third kappa shape index (κ3) is 4.27. The van der Waals surface area contributed by atoms with Crippen molar-refractivity contribution >= 4 is 5.91 Å². The minimum absolute atomic E-state index is 0. The zero-order valence-electron chi connectivity index (χ0n) is 7.88. The molecule has 1 aliphatic rings. The summed E-state index contributed by atoms with van der Waals surface area (Å²) in [5.74, 6) is 0.730. The molecule has 78 valence electrons. The van der Waals surface area contributed by atoms with E-state index in [9.17, 15) is 4.79 Å². The van der Waals surface area contributed by atoms with Crippen LogP contribution in [0.25, 0.3) is 0 Å². The normalized spacial score (nSPS) is 17.0. The Morgan fingerprint density at radius 2 is 1.92 bits per heavy atom. The molecule has 0 N–H and O–H groups in total. The van der Waals surface area contributed by atoms with E-state index in [1.807, 2.05) is 4.90 Å². The first-order valence-corrected chi connectivity index (χ1v) is 4.55. The SMILES string of the molecule is C.CC(C)CC(=O)N1CCOCC1. The zero-order valence-corrected chi connectivity index (χ0v) is 7.88. The molecule has 1 aliphatic heterocycles. The van der Waals surface area contributed by atoms with Crippen molar-refractivity contribution in [1.29, 1.82) is 0 Å². The lowest BCUT2D eigenvalue weighted by Crippen LogP contribution is -2.41. The summed E-state index contributed by atoms with van der Waals surface area (Å²) in [6.45, 7) is 7.07. The Morgan fingerprint density at radius 3 is 2.38 bits per heavy atom. The Balaban J connectivity index is 0.00000144. The van der Waals surface area contributed by atoms with E-state index >= 15 is 0 Å². The van der Waals surface area contributed by atoms with E-state index in [1.54, 1.807) is 0 Å². The molecule has 13 heavy (non-hydrogen) atoms. The summed E-state index contributed by atoms with van der Waals surface area (Å²) in [5.41, 5.74) is 0. The van der Waals surface area contributed by atoms with Gasteiger partial charge < -0.3 is 9.64 Å². The number of nitrogens with zero attached hydrogens (tertiary/aromatic N) is 1. The second-order valence-corrected chi connectivity index (χ2v) is 3.59. The first-order valence-electron chi connectivity index (χ1n) is 4.55. The average Bonchev–Trinajstić information content (AvgIpc) is 2.05. The van der Waals surface area contributed by atoms with Gasteiger partial charge in [0, 0.05) is 19.5 Å². The van der Waals surface area contributed by atoms with Crippen molar-refractivity contribution in [1.82, 2.24) is 4.90 Å². The first kappa shape index (κ1) is 12.4. The molecule has 0 aliphatic carbocycles. The van der Waals surface area contributed by atoms with Crippen LogP contribution in [0.5, 0.6) is 0 Å². The van der Waals surface area contributed by atoms with E-state index in [1.165, 1.54) is 0 Å². The van der Waals surface area contributed by atoms with Crippen molar-refractivity contribution in [2.75, 3.05) is 26.3 Å². The van der Waals surface area contributed by atoms with E-state index in [-0.39, 0.29) is 13.3 Å². The second kappa shape index (κ2) is 5.97.